The Morgan fingerprint density at radius 1 is 1.27 bits per heavy atom. The van der Waals surface area contributed by atoms with Crippen molar-refractivity contribution in [3.63, 3.8) is 0 Å². The lowest BCUT2D eigenvalue weighted by molar-refractivity contribution is 0.927. The second-order valence-electron chi connectivity index (χ2n) is 3.32. The molecule has 0 spiro atoms. The molecule has 2 nitrogen and oxygen atoms in total. The summed E-state index contributed by atoms with van der Waals surface area (Å²) in [4.78, 5) is 4.44. The van der Waals surface area contributed by atoms with Gasteiger partial charge in [-0.15, -0.1) is 0 Å². The van der Waals surface area contributed by atoms with Crippen LogP contribution in [0.1, 0.15) is 5.56 Å². The van der Waals surface area contributed by atoms with Crippen molar-refractivity contribution in [2.45, 2.75) is 0 Å². The first-order valence-corrected chi connectivity index (χ1v) is 5.74. The van der Waals surface area contributed by atoms with Crippen molar-refractivity contribution in [1.82, 2.24) is 4.57 Å². The largest absolute Gasteiger partial charge is 0.357 e. The molecule has 0 bridgehead atoms. The highest BCUT2D eigenvalue weighted by Crippen LogP contribution is 2.20. The minimum Gasteiger partial charge on any atom is -0.357 e. The molecule has 0 aliphatic carbocycles. The standard InChI is InChI=1S/C12H11IN2/c1-15-7-6-10(9-15)8-14-12-5-3-2-4-11(12)13/h2-9H,1H3. The van der Waals surface area contributed by atoms with Gasteiger partial charge < -0.3 is 4.57 Å². The number of nitrogens with zero attached hydrogens (tertiary/aromatic N) is 2. The molecule has 0 saturated carbocycles. The summed E-state index contributed by atoms with van der Waals surface area (Å²) in [7, 11) is 2.00. The van der Waals surface area contributed by atoms with Gasteiger partial charge in [0.1, 0.15) is 0 Å². The van der Waals surface area contributed by atoms with Crippen molar-refractivity contribution in [2.24, 2.45) is 12.0 Å². The second kappa shape index (κ2) is 4.61. The van der Waals surface area contributed by atoms with Gasteiger partial charge in [0.05, 0.1) is 5.69 Å². The molecular weight excluding hydrogens is 299 g/mol. The van der Waals surface area contributed by atoms with Gasteiger partial charge in [0.25, 0.3) is 0 Å². The average molecular weight is 310 g/mol. The van der Waals surface area contributed by atoms with E-state index in [2.05, 4.69) is 33.6 Å². The number of rotatable bonds is 2. The highest BCUT2D eigenvalue weighted by Gasteiger charge is 1.94. The van der Waals surface area contributed by atoms with Crippen LogP contribution >= 0.6 is 22.6 Å². The summed E-state index contributed by atoms with van der Waals surface area (Å²) in [5.41, 5.74) is 2.14. The van der Waals surface area contributed by atoms with Crippen LogP contribution in [-0.4, -0.2) is 10.8 Å². The summed E-state index contributed by atoms with van der Waals surface area (Å²) in [5, 5.41) is 0. The Bertz CT molecular complexity index is 486. The van der Waals surface area contributed by atoms with Gasteiger partial charge in [-0.25, -0.2) is 0 Å². The summed E-state index contributed by atoms with van der Waals surface area (Å²) < 4.78 is 3.18. The van der Waals surface area contributed by atoms with Crippen molar-refractivity contribution in [3.05, 3.63) is 51.9 Å². The zero-order valence-corrected chi connectivity index (χ0v) is 10.5. The number of hydrogen-bond donors (Lipinski definition) is 0. The minimum absolute atomic E-state index is 1.02. The maximum Gasteiger partial charge on any atom is 0.0763 e. The molecule has 0 saturated heterocycles. The first kappa shape index (κ1) is 10.4. The Balaban J connectivity index is 2.22. The maximum absolute atomic E-state index is 4.44. The fourth-order valence-corrected chi connectivity index (χ4v) is 1.83. The molecule has 0 N–H and O–H groups in total. The van der Waals surface area contributed by atoms with Gasteiger partial charge in [0, 0.05) is 34.8 Å². The van der Waals surface area contributed by atoms with Crippen LogP contribution in [0, 0.1) is 3.57 Å². The molecule has 0 amide bonds. The van der Waals surface area contributed by atoms with Gasteiger partial charge in [-0.3, -0.25) is 4.99 Å². The third-order valence-corrected chi connectivity index (χ3v) is 2.97. The van der Waals surface area contributed by atoms with E-state index in [9.17, 15) is 0 Å². The number of halogens is 1. The molecule has 1 heterocycles. The molecular formula is C12H11IN2. The van der Waals surface area contributed by atoms with E-state index in [0.29, 0.717) is 0 Å². The Kier molecular flexibility index (Phi) is 3.20. The SMILES string of the molecule is Cn1ccc(C=Nc2ccccc2I)c1. The van der Waals surface area contributed by atoms with Crippen molar-refractivity contribution >= 4 is 34.5 Å². The highest BCUT2D eigenvalue weighted by molar-refractivity contribution is 14.1. The van der Waals surface area contributed by atoms with Crippen molar-refractivity contribution < 1.29 is 0 Å². The van der Waals surface area contributed by atoms with Gasteiger partial charge in [-0.05, 0) is 40.8 Å². The van der Waals surface area contributed by atoms with E-state index < -0.39 is 0 Å². The molecule has 1 aromatic heterocycles. The third kappa shape index (κ3) is 2.68. The number of benzene rings is 1. The number of aromatic nitrogens is 1. The molecule has 2 rings (SSSR count). The predicted molar refractivity (Wildman–Crippen MR) is 71.8 cm³/mol. The molecule has 0 radical (unpaired) electrons. The fraction of sp³-hybridized carbons (Fsp3) is 0.0833. The Morgan fingerprint density at radius 2 is 2.07 bits per heavy atom. The molecule has 3 heteroatoms. The third-order valence-electron chi connectivity index (χ3n) is 2.06. The quantitative estimate of drug-likeness (QED) is 0.598. The molecule has 0 unspecified atom stereocenters. The normalized spacial score (nSPS) is 11.1. The minimum atomic E-state index is 1.02. The van der Waals surface area contributed by atoms with Gasteiger partial charge >= 0.3 is 0 Å². The van der Waals surface area contributed by atoms with E-state index in [1.54, 1.807) is 0 Å². The summed E-state index contributed by atoms with van der Waals surface area (Å²) in [5.74, 6) is 0. The molecule has 76 valence electrons. The molecule has 2 aromatic rings. The van der Waals surface area contributed by atoms with E-state index in [1.807, 2.05) is 54.5 Å². The maximum atomic E-state index is 4.44. The van der Waals surface area contributed by atoms with E-state index >= 15 is 0 Å². The molecule has 15 heavy (non-hydrogen) atoms. The van der Waals surface area contributed by atoms with E-state index in [0.717, 1.165) is 11.3 Å². The van der Waals surface area contributed by atoms with Gasteiger partial charge in [0.15, 0.2) is 0 Å². The zero-order chi connectivity index (χ0) is 10.7. The first-order chi connectivity index (χ1) is 7.25. The number of hydrogen-bond acceptors (Lipinski definition) is 1. The van der Waals surface area contributed by atoms with Crippen LogP contribution in [0.4, 0.5) is 5.69 Å². The van der Waals surface area contributed by atoms with Crippen molar-refractivity contribution in [1.29, 1.82) is 0 Å². The van der Waals surface area contributed by atoms with Crippen LogP contribution in [0.5, 0.6) is 0 Å². The van der Waals surface area contributed by atoms with Gasteiger partial charge in [-0.1, -0.05) is 12.1 Å². The summed E-state index contributed by atoms with van der Waals surface area (Å²) in [6.07, 6.45) is 5.94. The van der Waals surface area contributed by atoms with Crippen LogP contribution in [0.3, 0.4) is 0 Å². The molecule has 0 fully saturated rings. The highest BCUT2D eigenvalue weighted by atomic mass is 127. The van der Waals surface area contributed by atoms with Crippen molar-refractivity contribution in [3.8, 4) is 0 Å². The Hall–Kier alpha value is -1.10. The summed E-state index contributed by atoms with van der Waals surface area (Å²) >= 11 is 2.29. The Morgan fingerprint density at radius 3 is 2.73 bits per heavy atom. The topological polar surface area (TPSA) is 17.3 Å². The average Bonchev–Trinajstić information content (AvgIpc) is 2.63. The monoisotopic (exact) mass is 310 g/mol. The van der Waals surface area contributed by atoms with E-state index in [-0.39, 0.29) is 0 Å². The van der Waals surface area contributed by atoms with Crippen LogP contribution in [0.25, 0.3) is 0 Å². The lowest BCUT2D eigenvalue weighted by Gasteiger charge is -1.95. The lowest BCUT2D eigenvalue weighted by atomic mass is 10.3. The van der Waals surface area contributed by atoms with E-state index in [4.69, 9.17) is 0 Å². The second-order valence-corrected chi connectivity index (χ2v) is 4.48. The van der Waals surface area contributed by atoms with Crippen molar-refractivity contribution in [2.75, 3.05) is 0 Å². The van der Waals surface area contributed by atoms with Gasteiger partial charge in [-0.2, -0.15) is 0 Å². The molecule has 0 atom stereocenters. The predicted octanol–water partition coefficient (Wildman–Crippen LogP) is 3.38. The molecule has 0 aliphatic heterocycles. The zero-order valence-electron chi connectivity index (χ0n) is 8.39. The smallest absolute Gasteiger partial charge is 0.0763 e. The number of para-hydroxylation sites is 1. The number of aliphatic imine (C=N–C) groups is 1. The number of aryl methyl sites for hydroxylation is 1. The lowest BCUT2D eigenvalue weighted by Crippen LogP contribution is -1.80. The fourth-order valence-electron chi connectivity index (χ4n) is 1.30. The van der Waals surface area contributed by atoms with Crippen LogP contribution in [-0.2, 0) is 7.05 Å². The molecule has 0 aliphatic rings. The summed E-state index contributed by atoms with van der Waals surface area (Å²) in [6.45, 7) is 0. The van der Waals surface area contributed by atoms with Crippen LogP contribution in [0.15, 0.2) is 47.7 Å². The molecule has 1 aromatic carbocycles. The van der Waals surface area contributed by atoms with Crippen LogP contribution in [0.2, 0.25) is 0 Å². The Labute approximate surface area is 103 Å². The van der Waals surface area contributed by atoms with E-state index in [1.165, 1.54) is 3.57 Å². The van der Waals surface area contributed by atoms with Gasteiger partial charge in [0.2, 0.25) is 0 Å². The van der Waals surface area contributed by atoms with Crippen LogP contribution < -0.4 is 0 Å². The summed E-state index contributed by atoms with van der Waals surface area (Å²) in [6, 6.07) is 10.1. The first-order valence-electron chi connectivity index (χ1n) is 4.66.